The molecule has 1 aromatic rings. The zero-order chi connectivity index (χ0) is 15.1. The summed E-state index contributed by atoms with van der Waals surface area (Å²) in [6.07, 6.45) is -0.188. The Morgan fingerprint density at radius 2 is 2.05 bits per heavy atom. The highest BCUT2D eigenvalue weighted by molar-refractivity contribution is 5.99. The van der Waals surface area contributed by atoms with Gasteiger partial charge >= 0.3 is 0 Å². The van der Waals surface area contributed by atoms with Crippen LogP contribution in [0.15, 0.2) is 29.4 Å². The Balaban J connectivity index is 1.99. The van der Waals surface area contributed by atoms with Crippen molar-refractivity contribution >= 4 is 17.3 Å². The molecule has 1 aromatic carbocycles. The molecule has 0 aromatic heterocycles. The van der Waals surface area contributed by atoms with E-state index in [1.165, 1.54) is 0 Å². The molecule has 0 saturated carbocycles. The van der Waals surface area contributed by atoms with Gasteiger partial charge in [0.2, 0.25) is 0 Å². The largest absolute Gasteiger partial charge is 0.378 e. The molecule has 6 nitrogen and oxygen atoms in total. The Bertz CT molecular complexity index is 554. The van der Waals surface area contributed by atoms with Crippen LogP contribution < -0.4 is 10.3 Å². The second-order valence-electron chi connectivity index (χ2n) is 4.71. The molecule has 2 rings (SSSR count). The Kier molecular flexibility index (Phi) is 5.29. The summed E-state index contributed by atoms with van der Waals surface area (Å²) in [4.78, 5) is 13.5. The van der Waals surface area contributed by atoms with Crippen LogP contribution in [0.2, 0.25) is 0 Å². The molecule has 1 aliphatic rings. The van der Waals surface area contributed by atoms with E-state index in [4.69, 9.17) is 10.00 Å². The van der Waals surface area contributed by atoms with Crippen LogP contribution in [-0.2, 0) is 9.53 Å². The smallest absolute Gasteiger partial charge is 0.254 e. The van der Waals surface area contributed by atoms with E-state index in [0.717, 1.165) is 37.6 Å². The van der Waals surface area contributed by atoms with Crippen LogP contribution in [0.25, 0.3) is 0 Å². The summed E-state index contributed by atoms with van der Waals surface area (Å²) >= 11 is 0. The van der Waals surface area contributed by atoms with Gasteiger partial charge in [0.05, 0.1) is 25.0 Å². The van der Waals surface area contributed by atoms with Gasteiger partial charge in [-0.3, -0.25) is 4.79 Å². The normalized spacial score (nSPS) is 15.4. The standard InChI is InChI=1S/C15H18N4O2/c1-12(17-18-15(20)6-7-16)13-2-4-14(5-3-13)19-8-10-21-11-9-19/h2-5H,6,8-11H2,1H3,(H,18,20)/b17-12-. The molecule has 110 valence electrons. The molecule has 1 aliphatic heterocycles. The highest BCUT2D eigenvalue weighted by Crippen LogP contribution is 2.16. The summed E-state index contributed by atoms with van der Waals surface area (Å²) < 4.78 is 5.33. The molecular weight excluding hydrogens is 268 g/mol. The second kappa shape index (κ2) is 7.41. The summed E-state index contributed by atoms with van der Waals surface area (Å²) in [5.74, 6) is -0.401. The molecule has 0 spiro atoms. The number of anilines is 1. The van der Waals surface area contributed by atoms with Gasteiger partial charge in [-0.25, -0.2) is 5.43 Å². The minimum absolute atomic E-state index is 0.188. The first-order chi connectivity index (χ1) is 10.2. The van der Waals surface area contributed by atoms with Gasteiger partial charge in [0.15, 0.2) is 0 Å². The van der Waals surface area contributed by atoms with Gasteiger partial charge in [0.1, 0.15) is 6.42 Å². The lowest BCUT2D eigenvalue weighted by Gasteiger charge is -2.28. The number of nitrogens with zero attached hydrogens (tertiary/aromatic N) is 3. The number of hydrogen-bond donors (Lipinski definition) is 1. The lowest BCUT2D eigenvalue weighted by Crippen LogP contribution is -2.36. The third-order valence-corrected chi connectivity index (χ3v) is 3.25. The molecule has 1 saturated heterocycles. The third-order valence-electron chi connectivity index (χ3n) is 3.25. The van der Waals surface area contributed by atoms with E-state index in [9.17, 15) is 4.79 Å². The van der Waals surface area contributed by atoms with Crippen molar-refractivity contribution in [3.8, 4) is 6.07 Å². The Morgan fingerprint density at radius 1 is 1.38 bits per heavy atom. The fraction of sp³-hybridized carbons (Fsp3) is 0.400. The maximum absolute atomic E-state index is 11.2. The first-order valence-corrected chi connectivity index (χ1v) is 6.84. The SMILES string of the molecule is C/C(=N/NC(=O)CC#N)c1ccc(N2CCOCC2)cc1. The molecule has 1 amide bonds. The van der Waals surface area contributed by atoms with Gasteiger partial charge in [0.25, 0.3) is 5.91 Å². The fourth-order valence-corrected chi connectivity index (χ4v) is 2.06. The van der Waals surface area contributed by atoms with Gasteiger partial charge in [-0.15, -0.1) is 0 Å². The molecule has 1 N–H and O–H groups in total. The molecule has 6 heteroatoms. The number of benzene rings is 1. The zero-order valence-corrected chi connectivity index (χ0v) is 12.0. The van der Waals surface area contributed by atoms with Crippen LogP contribution in [-0.4, -0.2) is 37.9 Å². The number of hydrazone groups is 1. The molecule has 1 heterocycles. The van der Waals surface area contributed by atoms with Crippen LogP contribution in [0.4, 0.5) is 5.69 Å². The molecule has 21 heavy (non-hydrogen) atoms. The minimum Gasteiger partial charge on any atom is -0.378 e. The van der Waals surface area contributed by atoms with Crippen molar-refractivity contribution in [2.45, 2.75) is 13.3 Å². The van der Waals surface area contributed by atoms with E-state index in [1.54, 1.807) is 6.07 Å². The van der Waals surface area contributed by atoms with Crippen LogP contribution in [0.1, 0.15) is 18.9 Å². The molecule has 0 bridgehead atoms. The highest BCUT2D eigenvalue weighted by Gasteiger charge is 2.11. The average molecular weight is 286 g/mol. The first kappa shape index (κ1) is 15.0. The number of amides is 1. The van der Waals surface area contributed by atoms with E-state index >= 15 is 0 Å². The third kappa shape index (κ3) is 4.29. The first-order valence-electron chi connectivity index (χ1n) is 6.84. The van der Waals surface area contributed by atoms with Crippen molar-refractivity contribution in [1.29, 1.82) is 5.26 Å². The molecule has 0 atom stereocenters. The van der Waals surface area contributed by atoms with Gasteiger partial charge in [-0.2, -0.15) is 10.4 Å². The molecular formula is C15H18N4O2. The zero-order valence-electron chi connectivity index (χ0n) is 12.0. The predicted molar refractivity (Wildman–Crippen MR) is 80.1 cm³/mol. The average Bonchev–Trinajstić information content (AvgIpc) is 2.54. The maximum atomic E-state index is 11.2. The van der Waals surface area contributed by atoms with Gasteiger partial charge in [-0.05, 0) is 24.6 Å². The quantitative estimate of drug-likeness (QED) is 0.668. The number of hydrogen-bond acceptors (Lipinski definition) is 5. The van der Waals surface area contributed by atoms with Crippen molar-refractivity contribution in [2.24, 2.45) is 5.10 Å². The number of nitrogens with one attached hydrogen (secondary N) is 1. The summed E-state index contributed by atoms with van der Waals surface area (Å²) in [7, 11) is 0. The number of nitriles is 1. The molecule has 1 fully saturated rings. The van der Waals surface area contributed by atoms with Gasteiger partial charge in [0, 0.05) is 18.8 Å². The fourth-order valence-electron chi connectivity index (χ4n) is 2.06. The Morgan fingerprint density at radius 3 is 2.67 bits per heavy atom. The minimum atomic E-state index is -0.401. The number of rotatable bonds is 4. The Hall–Kier alpha value is -2.39. The number of carbonyl (C=O) groups excluding carboxylic acids is 1. The maximum Gasteiger partial charge on any atom is 0.254 e. The monoisotopic (exact) mass is 286 g/mol. The van der Waals surface area contributed by atoms with Crippen molar-refractivity contribution in [2.75, 3.05) is 31.2 Å². The topological polar surface area (TPSA) is 77.7 Å². The van der Waals surface area contributed by atoms with Crippen LogP contribution in [0.5, 0.6) is 0 Å². The van der Waals surface area contributed by atoms with E-state index in [1.807, 2.05) is 31.2 Å². The van der Waals surface area contributed by atoms with Gasteiger partial charge in [-0.1, -0.05) is 12.1 Å². The second-order valence-corrected chi connectivity index (χ2v) is 4.71. The van der Waals surface area contributed by atoms with Crippen molar-refractivity contribution in [3.05, 3.63) is 29.8 Å². The lowest BCUT2D eigenvalue weighted by molar-refractivity contribution is -0.120. The van der Waals surface area contributed by atoms with E-state index in [2.05, 4.69) is 15.4 Å². The van der Waals surface area contributed by atoms with Crippen molar-refractivity contribution < 1.29 is 9.53 Å². The lowest BCUT2D eigenvalue weighted by atomic mass is 10.1. The Labute approximate surface area is 124 Å². The molecule has 0 unspecified atom stereocenters. The number of morpholine rings is 1. The summed E-state index contributed by atoms with van der Waals surface area (Å²) in [6.45, 7) is 5.13. The van der Waals surface area contributed by atoms with Crippen LogP contribution in [0, 0.1) is 11.3 Å². The van der Waals surface area contributed by atoms with E-state index in [-0.39, 0.29) is 6.42 Å². The number of ether oxygens (including phenoxy) is 1. The van der Waals surface area contributed by atoms with Crippen molar-refractivity contribution in [3.63, 3.8) is 0 Å². The van der Waals surface area contributed by atoms with Crippen LogP contribution in [0.3, 0.4) is 0 Å². The molecule has 0 aliphatic carbocycles. The summed E-state index contributed by atoms with van der Waals surface area (Å²) in [5.41, 5.74) is 5.15. The molecule has 0 radical (unpaired) electrons. The number of carbonyl (C=O) groups is 1. The van der Waals surface area contributed by atoms with Gasteiger partial charge < -0.3 is 9.64 Å². The van der Waals surface area contributed by atoms with Crippen LogP contribution >= 0.6 is 0 Å². The van der Waals surface area contributed by atoms with E-state index < -0.39 is 5.91 Å². The van der Waals surface area contributed by atoms with E-state index in [0.29, 0.717) is 5.71 Å². The highest BCUT2D eigenvalue weighted by atomic mass is 16.5. The summed E-state index contributed by atoms with van der Waals surface area (Å²) in [5, 5.41) is 12.4. The summed E-state index contributed by atoms with van der Waals surface area (Å²) in [6, 6.07) is 9.80. The predicted octanol–water partition coefficient (Wildman–Crippen LogP) is 1.28. The van der Waals surface area contributed by atoms with Crippen molar-refractivity contribution in [1.82, 2.24) is 5.43 Å².